The summed E-state index contributed by atoms with van der Waals surface area (Å²) in [5.74, 6) is 0.981. The molecule has 0 heterocycles. The predicted octanol–water partition coefficient (Wildman–Crippen LogP) is 2.76. The van der Waals surface area contributed by atoms with Crippen LogP contribution in [-0.4, -0.2) is 13.2 Å². The lowest BCUT2D eigenvalue weighted by Gasteiger charge is -2.11. The molecule has 0 spiro atoms. The third-order valence-corrected chi connectivity index (χ3v) is 2.44. The average Bonchev–Trinajstić information content (AvgIpc) is 2.27. The smallest absolute Gasteiger partial charge is 0.119 e. The second-order valence-corrected chi connectivity index (χ2v) is 3.50. The number of ether oxygens (including phenoxy) is 1. The predicted molar refractivity (Wildman–Crippen MR) is 64.4 cm³/mol. The second kappa shape index (κ2) is 6.46. The van der Waals surface area contributed by atoms with E-state index >= 15 is 0 Å². The Morgan fingerprint density at radius 3 is 2.53 bits per heavy atom. The van der Waals surface area contributed by atoms with Crippen LogP contribution >= 0.6 is 0 Å². The van der Waals surface area contributed by atoms with Crippen LogP contribution in [0.4, 0.5) is 0 Å². The molecule has 1 N–H and O–H groups in total. The van der Waals surface area contributed by atoms with Crippen molar-refractivity contribution in [3.05, 3.63) is 29.3 Å². The number of aryl methyl sites for hydroxylation is 1. The Labute approximate surface area is 92.6 Å². The largest absolute Gasteiger partial charge is 0.494 e. The van der Waals surface area contributed by atoms with Gasteiger partial charge in [0.05, 0.1) is 6.61 Å². The number of rotatable bonds is 6. The van der Waals surface area contributed by atoms with Gasteiger partial charge < -0.3 is 10.1 Å². The van der Waals surface area contributed by atoms with Crippen molar-refractivity contribution in [3.63, 3.8) is 0 Å². The molecule has 0 atom stereocenters. The van der Waals surface area contributed by atoms with Crippen LogP contribution in [-0.2, 0) is 13.0 Å². The van der Waals surface area contributed by atoms with Gasteiger partial charge in [0.1, 0.15) is 5.75 Å². The van der Waals surface area contributed by atoms with Gasteiger partial charge in [0, 0.05) is 6.54 Å². The molecule has 15 heavy (non-hydrogen) atoms. The molecule has 2 heteroatoms. The lowest BCUT2D eigenvalue weighted by Crippen LogP contribution is -2.13. The van der Waals surface area contributed by atoms with Crippen LogP contribution in [0.3, 0.4) is 0 Å². The summed E-state index contributed by atoms with van der Waals surface area (Å²) in [6, 6.07) is 6.36. The molecule has 0 unspecified atom stereocenters. The highest BCUT2D eigenvalue weighted by Gasteiger charge is 2.02. The first-order valence-corrected chi connectivity index (χ1v) is 5.77. The first-order valence-electron chi connectivity index (χ1n) is 5.77. The van der Waals surface area contributed by atoms with Crippen LogP contribution in [0.25, 0.3) is 0 Å². The number of hydrogen-bond donors (Lipinski definition) is 1. The summed E-state index contributed by atoms with van der Waals surface area (Å²) in [4.78, 5) is 0. The summed E-state index contributed by atoms with van der Waals surface area (Å²) in [7, 11) is 0. The fourth-order valence-corrected chi connectivity index (χ4v) is 1.62. The molecule has 0 saturated carbocycles. The van der Waals surface area contributed by atoms with Gasteiger partial charge >= 0.3 is 0 Å². The van der Waals surface area contributed by atoms with Crippen LogP contribution in [0.15, 0.2) is 18.2 Å². The van der Waals surface area contributed by atoms with Gasteiger partial charge in [-0.05, 0) is 43.1 Å². The minimum atomic E-state index is 0.732. The molecule has 2 nitrogen and oxygen atoms in total. The maximum absolute atomic E-state index is 5.49. The van der Waals surface area contributed by atoms with E-state index in [1.165, 1.54) is 11.1 Å². The molecule has 0 aliphatic carbocycles. The van der Waals surface area contributed by atoms with E-state index < -0.39 is 0 Å². The molecule has 0 bridgehead atoms. The van der Waals surface area contributed by atoms with Crippen LogP contribution in [0.1, 0.15) is 31.9 Å². The fraction of sp³-hybridized carbons (Fsp3) is 0.538. The van der Waals surface area contributed by atoms with Gasteiger partial charge in [-0.15, -0.1) is 0 Å². The molecule has 84 valence electrons. The van der Waals surface area contributed by atoms with Gasteiger partial charge in [0.15, 0.2) is 0 Å². The van der Waals surface area contributed by atoms with Gasteiger partial charge in [-0.25, -0.2) is 0 Å². The summed E-state index contributed by atoms with van der Waals surface area (Å²) in [6.45, 7) is 9.01. The maximum atomic E-state index is 5.49. The molecule has 0 aliphatic rings. The quantitative estimate of drug-likeness (QED) is 0.774. The van der Waals surface area contributed by atoms with Gasteiger partial charge in [-0.2, -0.15) is 0 Å². The third-order valence-electron chi connectivity index (χ3n) is 2.44. The second-order valence-electron chi connectivity index (χ2n) is 3.50. The summed E-state index contributed by atoms with van der Waals surface area (Å²) < 4.78 is 5.49. The highest BCUT2D eigenvalue weighted by molar-refractivity contribution is 5.35. The topological polar surface area (TPSA) is 21.3 Å². The van der Waals surface area contributed by atoms with E-state index in [1.54, 1.807) is 0 Å². The first-order chi connectivity index (χ1) is 7.31. The Bertz CT molecular complexity index is 297. The van der Waals surface area contributed by atoms with Crippen molar-refractivity contribution < 1.29 is 4.74 Å². The first kappa shape index (κ1) is 12.1. The molecular formula is C13H21NO. The monoisotopic (exact) mass is 207 g/mol. The zero-order valence-electron chi connectivity index (χ0n) is 9.97. The maximum Gasteiger partial charge on any atom is 0.119 e. The molecular weight excluding hydrogens is 186 g/mol. The van der Waals surface area contributed by atoms with Crippen LogP contribution in [0.5, 0.6) is 5.75 Å². The van der Waals surface area contributed by atoms with E-state index in [0.29, 0.717) is 0 Å². The Kier molecular flexibility index (Phi) is 5.19. The Morgan fingerprint density at radius 1 is 1.13 bits per heavy atom. The molecule has 1 aromatic rings. The Morgan fingerprint density at radius 2 is 1.93 bits per heavy atom. The molecule has 0 aliphatic heterocycles. The SMILES string of the molecule is CCNCc1ccc(OCC)cc1CC. The van der Waals surface area contributed by atoms with E-state index in [1.807, 2.05) is 6.92 Å². The van der Waals surface area contributed by atoms with Crippen LogP contribution < -0.4 is 10.1 Å². The molecule has 1 rings (SSSR count). The number of benzene rings is 1. The van der Waals surface area contributed by atoms with Crippen molar-refractivity contribution in [1.29, 1.82) is 0 Å². The highest BCUT2D eigenvalue weighted by atomic mass is 16.5. The summed E-state index contributed by atoms with van der Waals surface area (Å²) in [5, 5.41) is 3.35. The summed E-state index contributed by atoms with van der Waals surface area (Å²) in [6.07, 6.45) is 1.06. The third kappa shape index (κ3) is 3.56. The summed E-state index contributed by atoms with van der Waals surface area (Å²) >= 11 is 0. The van der Waals surface area contributed by atoms with Gasteiger partial charge in [-0.3, -0.25) is 0 Å². The van der Waals surface area contributed by atoms with E-state index in [9.17, 15) is 0 Å². The lowest BCUT2D eigenvalue weighted by atomic mass is 10.0. The highest BCUT2D eigenvalue weighted by Crippen LogP contribution is 2.18. The van der Waals surface area contributed by atoms with Crippen molar-refractivity contribution >= 4 is 0 Å². The van der Waals surface area contributed by atoms with Gasteiger partial charge in [0.2, 0.25) is 0 Å². The minimum absolute atomic E-state index is 0.732. The normalized spacial score (nSPS) is 10.3. The van der Waals surface area contributed by atoms with Crippen LogP contribution in [0.2, 0.25) is 0 Å². The molecule has 0 saturated heterocycles. The van der Waals surface area contributed by atoms with Crippen LogP contribution in [0, 0.1) is 0 Å². The van der Waals surface area contributed by atoms with Crippen molar-refractivity contribution in [2.24, 2.45) is 0 Å². The van der Waals surface area contributed by atoms with Gasteiger partial charge in [-0.1, -0.05) is 19.9 Å². The molecule has 1 aromatic carbocycles. The zero-order valence-corrected chi connectivity index (χ0v) is 9.97. The standard InChI is InChI=1S/C13H21NO/c1-4-11-9-13(15-6-3)8-7-12(11)10-14-5-2/h7-9,14H,4-6,10H2,1-3H3. The minimum Gasteiger partial charge on any atom is -0.494 e. The Balaban J connectivity index is 2.78. The fourth-order valence-electron chi connectivity index (χ4n) is 1.62. The van der Waals surface area contributed by atoms with Crippen molar-refractivity contribution in [2.45, 2.75) is 33.7 Å². The van der Waals surface area contributed by atoms with Crippen molar-refractivity contribution in [1.82, 2.24) is 5.32 Å². The van der Waals surface area contributed by atoms with E-state index in [4.69, 9.17) is 4.74 Å². The average molecular weight is 207 g/mol. The number of nitrogens with one attached hydrogen (secondary N) is 1. The zero-order chi connectivity index (χ0) is 11.1. The molecule has 0 fully saturated rings. The molecule has 0 aromatic heterocycles. The van der Waals surface area contributed by atoms with Gasteiger partial charge in [0.25, 0.3) is 0 Å². The Hall–Kier alpha value is -1.02. The van der Waals surface area contributed by atoms with Crippen molar-refractivity contribution in [3.8, 4) is 5.75 Å². The van der Waals surface area contributed by atoms with Crippen molar-refractivity contribution in [2.75, 3.05) is 13.2 Å². The molecule has 0 radical (unpaired) electrons. The van der Waals surface area contributed by atoms with E-state index in [-0.39, 0.29) is 0 Å². The number of hydrogen-bond acceptors (Lipinski definition) is 2. The summed E-state index contributed by atoms with van der Waals surface area (Å²) in [5.41, 5.74) is 2.75. The lowest BCUT2D eigenvalue weighted by molar-refractivity contribution is 0.340. The molecule has 0 amide bonds. The van der Waals surface area contributed by atoms with E-state index in [0.717, 1.165) is 31.9 Å². The van der Waals surface area contributed by atoms with E-state index in [2.05, 4.69) is 37.4 Å².